The zero-order valence-corrected chi connectivity index (χ0v) is 37.5. The quantitative estimate of drug-likeness (QED) is 0.0892. The number of rotatable bonds is 13. The molecule has 18 heteroatoms. The van der Waals surface area contributed by atoms with Crippen LogP contribution in [0.1, 0.15) is 100 Å². The first kappa shape index (κ1) is 50.6. The van der Waals surface area contributed by atoms with Crippen LogP contribution in [0.2, 0.25) is 0 Å². The van der Waals surface area contributed by atoms with Crippen LogP contribution >= 0.6 is 0 Å². The number of esters is 4. The van der Waals surface area contributed by atoms with Crippen LogP contribution in [0.15, 0.2) is 12.2 Å². The summed E-state index contributed by atoms with van der Waals surface area (Å²) >= 11 is 0. The van der Waals surface area contributed by atoms with Crippen LogP contribution in [-0.4, -0.2) is 164 Å². The predicted molar refractivity (Wildman–Crippen MR) is 214 cm³/mol. The van der Waals surface area contributed by atoms with E-state index in [4.69, 9.17) is 47.4 Å². The molecular weight excluding hydrogens is 802 g/mol. The van der Waals surface area contributed by atoms with Crippen LogP contribution in [0.25, 0.3) is 0 Å². The molecule has 0 aromatic carbocycles. The van der Waals surface area contributed by atoms with Crippen molar-refractivity contribution in [2.45, 2.75) is 198 Å². The Morgan fingerprint density at radius 3 is 2.18 bits per heavy atom. The summed E-state index contributed by atoms with van der Waals surface area (Å²) in [6.45, 7) is 13.1. The van der Waals surface area contributed by atoms with E-state index in [1.807, 2.05) is 13.0 Å². The van der Waals surface area contributed by atoms with Gasteiger partial charge in [0.1, 0.15) is 54.6 Å². The van der Waals surface area contributed by atoms with E-state index in [9.17, 15) is 34.2 Å². The third-order valence-electron chi connectivity index (χ3n) is 11.8. The van der Waals surface area contributed by atoms with Crippen LogP contribution in [0.4, 0.5) is 0 Å². The number of ether oxygens (including phenoxy) is 10. The first-order valence-electron chi connectivity index (χ1n) is 21.5. The van der Waals surface area contributed by atoms with Crippen molar-refractivity contribution in [3.05, 3.63) is 12.2 Å². The van der Waals surface area contributed by atoms with Crippen molar-refractivity contribution in [2.24, 2.45) is 11.8 Å². The van der Waals surface area contributed by atoms with Crippen molar-refractivity contribution in [3.63, 3.8) is 0 Å². The molecule has 0 spiro atoms. The van der Waals surface area contributed by atoms with Gasteiger partial charge in [0.05, 0.1) is 36.9 Å². The van der Waals surface area contributed by atoms with Crippen molar-refractivity contribution in [3.8, 4) is 0 Å². The van der Waals surface area contributed by atoms with Crippen molar-refractivity contribution < 1.29 is 81.6 Å². The number of aldehydes is 1. The van der Waals surface area contributed by atoms with E-state index >= 15 is 0 Å². The second-order valence-corrected chi connectivity index (χ2v) is 17.2. The van der Waals surface area contributed by atoms with Gasteiger partial charge < -0.3 is 67.3 Å². The molecule has 4 aliphatic rings. The molecule has 0 aromatic heterocycles. The molecular formula is C43H69NO17. The van der Waals surface area contributed by atoms with E-state index in [1.165, 1.54) is 21.0 Å². The molecule has 0 radical (unpaired) electrons. The highest BCUT2D eigenvalue weighted by Crippen LogP contribution is 2.38. The monoisotopic (exact) mass is 871 g/mol. The number of hydrogen-bond donors (Lipinski definition) is 2. The third-order valence-corrected chi connectivity index (χ3v) is 11.8. The molecule has 2 N–H and O–H groups in total. The van der Waals surface area contributed by atoms with Gasteiger partial charge in [-0.05, 0) is 66.1 Å². The minimum atomic E-state index is -1.51. The smallest absolute Gasteiger partial charge is 0.309 e. The zero-order valence-electron chi connectivity index (χ0n) is 37.5. The standard InChI is InChI=1S/C43H69NO17/c1-12-32(47)58-28-14-15-29-30(57-29)19-23(4)53-34(49)20-31(59-33(48)13-2)40(52-11)39(27(16-17-45)18-22(28)3)61-42-37(50)36(44(9)10)38(24(5)55-42)60-35-21-43(8,51)41(25(6)54-35)56-26(7)46/h14-15,17,22-25,27-31,35-42,50-51H,12-13,16,18-21H2,1-11H3. The molecule has 4 rings (SSSR count). The number of methoxy groups -OCH3 is 1. The molecule has 3 fully saturated rings. The molecule has 18 nitrogen and oxygen atoms in total. The van der Waals surface area contributed by atoms with Gasteiger partial charge in [-0.3, -0.25) is 19.2 Å². The Hall–Kier alpha value is -3.07. The highest BCUT2D eigenvalue weighted by atomic mass is 16.7. The number of likely N-dealkylation sites (N-methyl/N-ethyl adjacent to an activating group) is 1. The highest BCUT2D eigenvalue weighted by molar-refractivity contribution is 5.73. The minimum Gasteiger partial charge on any atom is -0.462 e. The lowest BCUT2D eigenvalue weighted by atomic mass is 9.82. The molecule has 0 saturated carbocycles. The van der Waals surface area contributed by atoms with Gasteiger partial charge in [-0.2, -0.15) is 0 Å². The predicted octanol–water partition coefficient (Wildman–Crippen LogP) is 2.55. The summed E-state index contributed by atoms with van der Waals surface area (Å²) in [6.07, 6.45) is -8.18. The first-order valence-corrected chi connectivity index (χ1v) is 21.5. The van der Waals surface area contributed by atoms with Crippen LogP contribution in [0.5, 0.6) is 0 Å². The minimum absolute atomic E-state index is 0.0207. The van der Waals surface area contributed by atoms with E-state index in [0.717, 1.165) is 0 Å². The summed E-state index contributed by atoms with van der Waals surface area (Å²) in [5.74, 6) is -3.44. The fourth-order valence-corrected chi connectivity index (χ4v) is 8.69. The lowest BCUT2D eigenvalue weighted by Gasteiger charge is -2.50. The van der Waals surface area contributed by atoms with Gasteiger partial charge in [0.25, 0.3) is 0 Å². The van der Waals surface area contributed by atoms with E-state index in [0.29, 0.717) is 12.7 Å². The lowest BCUT2D eigenvalue weighted by molar-refractivity contribution is -0.344. The summed E-state index contributed by atoms with van der Waals surface area (Å²) in [5, 5.41) is 23.5. The maximum Gasteiger partial charge on any atom is 0.309 e. The molecule has 61 heavy (non-hydrogen) atoms. The Morgan fingerprint density at radius 1 is 0.918 bits per heavy atom. The van der Waals surface area contributed by atoms with E-state index in [-0.39, 0.29) is 44.3 Å². The number of hydrogen-bond acceptors (Lipinski definition) is 18. The third kappa shape index (κ3) is 13.7. The molecule has 3 saturated heterocycles. The van der Waals surface area contributed by atoms with Crippen LogP contribution in [0, 0.1) is 11.8 Å². The number of aliphatic hydroxyl groups excluding tert-OH is 1. The molecule has 348 valence electrons. The molecule has 18 unspecified atom stereocenters. The maximum atomic E-state index is 13.5. The average molecular weight is 872 g/mol. The van der Waals surface area contributed by atoms with Crippen molar-refractivity contribution >= 4 is 30.2 Å². The number of cyclic esters (lactones) is 1. The summed E-state index contributed by atoms with van der Waals surface area (Å²) in [5.41, 5.74) is -1.51. The van der Waals surface area contributed by atoms with Gasteiger partial charge in [0.2, 0.25) is 0 Å². The molecule has 0 aliphatic carbocycles. The number of aliphatic hydroxyl groups is 2. The van der Waals surface area contributed by atoms with Gasteiger partial charge in [0.15, 0.2) is 18.7 Å². The summed E-state index contributed by atoms with van der Waals surface area (Å²) in [6, 6.07) is -0.805. The van der Waals surface area contributed by atoms with Gasteiger partial charge >= 0.3 is 23.9 Å². The maximum absolute atomic E-state index is 13.5. The number of epoxide rings is 1. The molecule has 0 amide bonds. The number of carbonyl (C=O) groups is 5. The lowest BCUT2D eigenvalue weighted by Crippen LogP contribution is -2.66. The Kier molecular flexibility index (Phi) is 18.7. The largest absolute Gasteiger partial charge is 0.462 e. The number of fused-ring (bicyclic) bond motifs is 1. The molecule has 4 aliphatic heterocycles. The van der Waals surface area contributed by atoms with E-state index in [1.54, 1.807) is 59.7 Å². The van der Waals surface area contributed by atoms with Gasteiger partial charge in [-0.25, -0.2) is 0 Å². The average Bonchev–Trinajstić information content (AvgIpc) is 3.91. The number of nitrogens with zero attached hydrogens (tertiary/aromatic N) is 1. The van der Waals surface area contributed by atoms with E-state index < -0.39 is 127 Å². The van der Waals surface area contributed by atoms with Gasteiger partial charge in [-0.1, -0.05) is 26.8 Å². The fraction of sp³-hybridized carbons (Fsp3) is 0.837. The van der Waals surface area contributed by atoms with Crippen LogP contribution < -0.4 is 0 Å². The van der Waals surface area contributed by atoms with Crippen LogP contribution in [-0.2, 0) is 71.3 Å². The molecule has 4 heterocycles. The first-order chi connectivity index (χ1) is 28.7. The fourth-order valence-electron chi connectivity index (χ4n) is 8.69. The van der Waals surface area contributed by atoms with Gasteiger partial charge in [0, 0.05) is 46.1 Å². The zero-order chi connectivity index (χ0) is 45.3. The molecule has 0 bridgehead atoms. The second kappa shape index (κ2) is 22.5. The topological polar surface area (TPSA) is 225 Å². The van der Waals surface area contributed by atoms with Crippen molar-refractivity contribution in [1.29, 1.82) is 0 Å². The van der Waals surface area contributed by atoms with Crippen LogP contribution in [0.3, 0.4) is 0 Å². The molecule has 18 atom stereocenters. The summed E-state index contributed by atoms with van der Waals surface area (Å²) in [7, 11) is 4.84. The highest BCUT2D eigenvalue weighted by Gasteiger charge is 2.53. The van der Waals surface area contributed by atoms with Crippen molar-refractivity contribution in [1.82, 2.24) is 4.90 Å². The Morgan fingerprint density at radius 2 is 1.59 bits per heavy atom. The Balaban J connectivity index is 1.73. The van der Waals surface area contributed by atoms with Crippen molar-refractivity contribution in [2.75, 3.05) is 21.2 Å². The Bertz CT molecular complexity index is 1510. The second-order valence-electron chi connectivity index (χ2n) is 17.2. The summed E-state index contributed by atoms with van der Waals surface area (Å²) in [4.78, 5) is 65.2. The SMILES string of the molecule is CCC(=O)OC1C=CC2OC2CC(C)OC(=O)CC(OC(=O)CC)C(OC)C(OC2OC(C)C(OC3CC(C)(O)C(OC(C)=O)C(C)O3)C(N(C)C)C2O)C(CC=O)CC1C. The molecule has 0 aromatic rings. The van der Waals surface area contributed by atoms with E-state index in [2.05, 4.69) is 0 Å². The number of carbonyl (C=O) groups excluding carboxylic acids is 5. The normalized spacial score (nSPS) is 41.2. The van der Waals surface area contributed by atoms with Gasteiger partial charge in [-0.15, -0.1) is 0 Å². The summed E-state index contributed by atoms with van der Waals surface area (Å²) < 4.78 is 60.5. The Labute approximate surface area is 359 Å².